The van der Waals surface area contributed by atoms with Gasteiger partial charge in [-0.25, -0.2) is 0 Å². The molecule has 0 aliphatic rings. The predicted molar refractivity (Wildman–Crippen MR) is 86.5 cm³/mol. The van der Waals surface area contributed by atoms with E-state index in [1.807, 2.05) is 0 Å². The van der Waals surface area contributed by atoms with Gasteiger partial charge in [-0.2, -0.15) is 0 Å². The molecule has 1 atom stereocenters. The van der Waals surface area contributed by atoms with Gasteiger partial charge in [0.15, 0.2) is 0 Å². The summed E-state index contributed by atoms with van der Waals surface area (Å²) in [5.41, 5.74) is 6.94. The lowest BCUT2D eigenvalue weighted by atomic mass is 9.99. The van der Waals surface area contributed by atoms with Crippen molar-refractivity contribution in [3.05, 3.63) is 55.7 Å². The Morgan fingerprint density at radius 3 is 2.53 bits per heavy atom. The van der Waals surface area contributed by atoms with Crippen LogP contribution in [0, 0.1) is 13.8 Å². The van der Waals surface area contributed by atoms with Crippen LogP contribution in [0.1, 0.15) is 21.6 Å². The van der Waals surface area contributed by atoms with Crippen molar-refractivity contribution < 1.29 is 0 Å². The molecule has 3 N–H and O–H groups in total. The van der Waals surface area contributed by atoms with Gasteiger partial charge in [-0.05, 0) is 71.4 Å². The van der Waals surface area contributed by atoms with E-state index in [4.69, 9.17) is 5.84 Å². The zero-order valence-electron chi connectivity index (χ0n) is 11.2. The first-order valence-corrected chi connectivity index (χ1v) is 7.96. The molecule has 1 heterocycles. The summed E-state index contributed by atoms with van der Waals surface area (Å²) in [5.74, 6) is 5.69. The van der Waals surface area contributed by atoms with Crippen molar-refractivity contribution >= 4 is 27.3 Å². The van der Waals surface area contributed by atoms with Gasteiger partial charge in [-0.15, -0.1) is 11.3 Å². The van der Waals surface area contributed by atoms with Gasteiger partial charge in [-0.3, -0.25) is 11.3 Å². The van der Waals surface area contributed by atoms with Crippen molar-refractivity contribution in [2.75, 3.05) is 0 Å². The molecule has 2 rings (SSSR count). The van der Waals surface area contributed by atoms with Crippen LogP contribution in [0.25, 0.3) is 0 Å². The van der Waals surface area contributed by atoms with Crippen molar-refractivity contribution in [3.8, 4) is 0 Å². The minimum absolute atomic E-state index is 0.271. The van der Waals surface area contributed by atoms with Gasteiger partial charge in [0.2, 0.25) is 0 Å². The molecule has 19 heavy (non-hydrogen) atoms. The highest BCUT2D eigenvalue weighted by Gasteiger charge is 2.11. The Hall–Kier alpha value is -0.680. The van der Waals surface area contributed by atoms with Gasteiger partial charge in [0.05, 0.1) is 3.79 Å². The molecule has 0 amide bonds. The quantitative estimate of drug-likeness (QED) is 0.643. The number of halogens is 1. The molecule has 0 bridgehead atoms. The lowest BCUT2D eigenvalue weighted by Crippen LogP contribution is -2.38. The third-order valence-electron chi connectivity index (χ3n) is 3.37. The Morgan fingerprint density at radius 1 is 1.16 bits per heavy atom. The van der Waals surface area contributed by atoms with Crippen LogP contribution < -0.4 is 11.3 Å². The predicted octanol–water partition coefficient (Wildman–Crippen LogP) is 3.74. The fraction of sp³-hybridized carbons (Fsp3) is 0.333. The lowest BCUT2D eigenvalue weighted by molar-refractivity contribution is 0.525. The largest absolute Gasteiger partial charge is 0.271 e. The van der Waals surface area contributed by atoms with Crippen molar-refractivity contribution in [2.45, 2.75) is 32.7 Å². The fourth-order valence-electron chi connectivity index (χ4n) is 2.11. The number of hydrogen-bond acceptors (Lipinski definition) is 3. The number of nitrogens with one attached hydrogen (secondary N) is 1. The van der Waals surface area contributed by atoms with Gasteiger partial charge in [0.1, 0.15) is 0 Å². The first kappa shape index (κ1) is 14.7. The summed E-state index contributed by atoms with van der Waals surface area (Å²) in [4.78, 5) is 1.35. The summed E-state index contributed by atoms with van der Waals surface area (Å²) in [6, 6.07) is 11.1. The second kappa shape index (κ2) is 6.66. The molecule has 0 saturated carbocycles. The Balaban J connectivity index is 2.04. The Bertz CT molecular complexity index is 551. The third kappa shape index (κ3) is 4.14. The zero-order chi connectivity index (χ0) is 13.8. The molecular formula is C15H19BrN2S. The van der Waals surface area contributed by atoms with Crippen LogP contribution in [0.5, 0.6) is 0 Å². The molecule has 2 nitrogen and oxygen atoms in total. The molecule has 0 fully saturated rings. The fourth-order valence-corrected chi connectivity index (χ4v) is 3.67. The van der Waals surface area contributed by atoms with Gasteiger partial charge in [0, 0.05) is 10.9 Å². The molecule has 1 aromatic heterocycles. The molecule has 0 aliphatic heterocycles. The van der Waals surface area contributed by atoms with Gasteiger partial charge in [-0.1, -0.05) is 18.2 Å². The minimum Gasteiger partial charge on any atom is -0.271 e. The number of hydrogen-bond donors (Lipinski definition) is 2. The van der Waals surface area contributed by atoms with Crippen LogP contribution in [-0.4, -0.2) is 6.04 Å². The summed E-state index contributed by atoms with van der Waals surface area (Å²) >= 11 is 5.26. The molecule has 4 heteroatoms. The number of rotatable bonds is 5. The number of benzene rings is 1. The molecule has 1 aromatic carbocycles. The first-order chi connectivity index (χ1) is 9.08. The molecular weight excluding hydrogens is 320 g/mol. The van der Waals surface area contributed by atoms with Crippen LogP contribution >= 0.6 is 27.3 Å². The summed E-state index contributed by atoms with van der Waals surface area (Å²) in [6.07, 6.45) is 1.91. The van der Waals surface area contributed by atoms with Crippen LogP contribution in [0.4, 0.5) is 0 Å². The van der Waals surface area contributed by atoms with E-state index in [0.29, 0.717) is 0 Å². The maximum atomic E-state index is 5.69. The van der Waals surface area contributed by atoms with E-state index < -0.39 is 0 Å². The second-order valence-electron chi connectivity index (χ2n) is 4.90. The number of aryl methyl sites for hydroxylation is 2. The van der Waals surface area contributed by atoms with Crippen molar-refractivity contribution in [1.29, 1.82) is 0 Å². The average Bonchev–Trinajstić information content (AvgIpc) is 2.78. The van der Waals surface area contributed by atoms with Gasteiger partial charge < -0.3 is 0 Å². The maximum absolute atomic E-state index is 5.69. The highest BCUT2D eigenvalue weighted by atomic mass is 79.9. The average molecular weight is 339 g/mol. The summed E-state index contributed by atoms with van der Waals surface area (Å²) in [5, 5.41) is 0. The third-order valence-corrected chi connectivity index (χ3v) is 5.01. The smallest absolute Gasteiger partial charge is 0.0701 e. The van der Waals surface area contributed by atoms with Crippen molar-refractivity contribution in [3.63, 3.8) is 0 Å². The maximum Gasteiger partial charge on any atom is 0.0701 e. The van der Waals surface area contributed by atoms with E-state index in [2.05, 4.69) is 65.5 Å². The molecule has 2 aromatic rings. The molecule has 0 radical (unpaired) electrons. The number of thiophene rings is 1. The molecule has 0 spiro atoms. The van der Waals surface area contributed by atoms with Crippen LogP contribution in [0.3, 0.4) is 0 Å². The van der Waals surface area contributed by atoms with E-state index in [9.17, 15) is 0 Å². The molecule has 102 valence electrons. The van der Waals surface area contributed by atoms with Crippen molar-refractivity contribution in [1.82, 2.24) is 5.43 Å². The Morgan fingerprint density at radius 2 is 1.95 bits per heavy atom. The van der Waals surface area contributed by atoms with Gasteiger partial charge in [0.25, 0.3) is 0 Å². The van der Waals surface area contributed by atoms with E-state index in [-0.39, 0.29) is 6.04 Å². The minimum atomic E-state index is 0.271. The first-order valence-electron chi connectivity index (χ1n) is 6.35. The highest BCUT2D eigenvalue weighted by Crippen LogP contribution is 2.23. The SMILES string of the molecule is Cc1ccc(CC(Cc2ccc(Br)s2)NN)cc1C. The molecule has 0 aliphatic carbocycles. The highest BCUT2D eigenvalue weighted by molar-refractivity contribution is 9.11. The summed E-state index contributed by atoms with van der Waals surface area (Å²) in [7, 11) is 0. The Kier molecular flexibility index (Phi) is 5.16. The molecule has 1 unspecified atom stereocenters. The topological polar surface area (TPSA) is 38.0 Å². The summed E-state index contributed by atoms with van der Waals surface area (Å²) in [6.45, 7) is 4.29. The normalized spacial score (nSPS) is 12.6. The van der Waals surface area contributed by atoms with Gasteiger partial charge >= 0.3 is 0 Å². The molecule has 0 saturated heterocycles. The summed E-state index contributed by atoms with van der Waals surface area (Å²) < 4.78 is 1.17. The Labute approximate surface area is 127 Å². The number of hydrazine groups is 1. The van der Waals surface area contributed by atoms with E-state index in [1.165, 1.54) is 25.4 Å². The van der Waals surface area contributed by atoms with E-state index in [1.54, 1.807) is 11.3 Å². The van der Waals surface area contributed by atoms with E-state index in [0.717, 1.165) is 12.8 Å². The van der Waals surface area contributed by atoms with E-state index >= 15 is 0 Å². The van der Waals surface area contributed by atoms with Crippen LogP contribution in [-0.2, 0) is 12.8 Å². The second-order valence-corrected chi connectivity index (χ2v) is 7.44. The van der Waals surface area contributed by atoms with Crippen LogP contribution in [0.2, 0.25) is 0 Å². The lowest BCUT2D eigenvalue weighted by Gasteiger charge is -2.15. The zero-order valence-corrected chi connectivity index (χ0v) is 13.6. The monoisotopic (exact) mass is 338 g/mol. The number of nitrogens with two attached hydrogens (primary N) is 1. The van der Waals surface area contributed by atoms with Crippen molar-refractivity contribution in [2.24, 2.45) is 5.84 Å². The standard InChI is InChI=1S/C15H19BrN2S/c1-10-3-4-12(7-11(10)2)8-13(18-17)9-14-5-6-15(16)19-14/h3-7,13,18H,8-9,17H2,1-2H3. The van der Waals surface area contributed by atoms with Crippen LogP contribution in [0.15, 0.2) is 34.1 Å².